The Labute approximate surface area is 132 Å². The van der Waals surface area contributed by atoms with Gasteiger partial charge in [0.05, 0.1) is 6.26 Å². The highest BCUT2D eigenvalue weighted by Gasteiger charge is 2.26. The van der Waals surface area contributed by atoms with Crippen LogP contribution in [0.5, 0.6) is 0 Å². The molecule has 0 aliphatic carbocycles. The van der Waals surface area contributed by atoms with Gasteiger partial charge in [-0.3, -0.25) is 4.79 Å². The Kier molecular flexibility index (Phi) is 5.64. The van der Waals surface area contributed by atoms with Crippen LogP contribution in [0.3, 0.4) is 0 Å². The van der Waals surface area contributed by atoms with E-state index in [1.807, 2.05) is 4.90 Å². The van der Waals surface area contributed by atoms with E-state index >= 15 is 0 Å². The van der Waals surface area contributed by atoms with Crippen molar-refractivity contribution in [3.8, 4) is 0 Å². The lowest BCUT2D eigenvalue weighted by atomic mass is 9.91. The Hall–Kier alpha value is -1.33. The van der Waals surface area contributed by atoms with E-state index in [0.717, 1.165) is 25.9 Å². The zero-order chi connectivity index (χ0) is 16.2. The second-order valence-electron chi connectivity index (χ2n) is 7.33. The average Bonchev–Trinajstić information content (AvgIpc) is 2.97. The molecule has 1 amide bonds. The molecule has 1 aliphatic rings. The lowest BCUT2D eigenvalue weighted by Crippen LogP contribution is -2.46. The summed E-state index contributed by atoms with van der Waals surface area (Å²) >= 11 is 0. The van der Waals surface area contributed by atoms with Gasteiger partial charge in [-0.25, -0.2) is 0 Å². The number of aliphatic hydroxyl groups excluding tert-OH is 1. The van der Waals surface area contributed by atoms with Crippen molar-refractivity contribution in [3.63, 3.8) is 0 Å². The van der Waals surface area contributed by atoms with Gasteiger partial charge in [-0.2, -0.15) is 0 Å². The maximum absolute atomic E-state index is 12.2. The molecule has 1 fully saturated rings. The van der Waals surface area contributed by atoms with Crippen molar-refractivity contribution >= 4 is 5.91 Å². The van der Waals surface area contributed by atoms with Crippen LogP contribution in [-0.4, -0.2) is 41.6 Å². The zero-order valence-electron chi connectivity index (χ0n) is 13.8. The molecule has 0 saturated carbocycles. The quantitative estimate of drug-likeness (QED) is 0.876. The largest absolute Gasteiger partial charge is 0.467 e. The third-order valence-corrected chi connectivity index (χ3v) is 4.00. The SMILES string of the molecule is CC(C)(C)CC(=O)N1CCC(NCC(O)c2ccco2)CC1. The zero-order valence-corrected chi connectivity index (χ0v) is 13.8. The van der Waals surface area contributed by atoms with Gasteiger partial charge in [0, 0.05) is 32.1 Å². The van der Waals surface area contributed by atoms with Gasteiger partial charge < -0.3 is 19.7 Å². The highest BCUT2D eigenvalue weighted by atomic mass is 16.4. The standard InChI is InChI=1S/C17H28N2O3/c1-17(2,3)11-16(21)19-8-6-13(7-9-19)18-12-14(20)15-5-4-10-22-15/h4-5,10,13-14,18,20H,6-9,11-12H2,1-3H3. The molecule has 1 aromatic heterocycles. The molecule has 2 rings (SSSR count). The lowest BCUT2D eigenvalue weighted by molar-refractivity contribution is -0.134. The first kappa shape index (κ1) is 17.0. The number of aliphatic hydroxyl groups is 1. The van der Waals surface area contributed by atoms with Crippen LogP contribution < -0.4 is 5.32 Å². The highest BCUT2D eigenvalue weighted by Crippen LogP contribution is 2.22. The predicted molar refractivity (Wildman–Crippen MR) is 85.3 cm³/mol. The van der Waals surface area contributed by atoms with Crippen LogP contribution in [0.1, 0.15) is 51.9 Å². The molecule has 0 aromatic carbocycles. The molecular weight excluding hydrogens is 280 g/mol. The predicted octanol–water partition coefficient (Wildman–Crippen LogP) is 2.33. The van der Waals surface area contributed by atoms with E-state index in [2.05, 4.69) is 26.1 Å². The Morgan fingerprint density at radius 2 is 2.14 bits per heavy atom. The average molecular weight is 308 g/mol. The third-order valence-electron chi connectivity index (χ3n) is 4.00. The molecule has 0 bridgehead atoms. The summed E-state index contributed by atoms with van der Waals surface area (Å²) < 4.78 is 5.19. The minimum absolute atomic E-state index is 0.0410. The van der Waals surface area contributed by atoms with Crippen LogP contribution in [0, 0.1) is 5.41 Å². The fourth-order valence-corrected chi connectivity index (χ4v) is 2.76. The van der Waals surface area contributed by atoms with Crippen molar-refractivity contribution in [3.05, 3.63) is 24.2 Å². The summed E-state index contributed by atoms with van der Waals surface area (Å²) in [5.74, 6) is 0.840. The van der Waals surface area contributed by atoms with E-state index in [9.17, 15) is 9.90 Å². The fraction of sp³-hybridized carbons (Fsp3) is 0.706. The van der Waals surface area contributed by atoms with Crippen molar-refractivity contribution in [2.24, 2.45) is 5.41 Å². The summed E-state index contributed by atoms with van der Waals surface area (Å²) in [5, 5.41) is 13.4. The second kappa shape index (κ2) is 7.29. The first-order chi connectivity index (χ1) is 10.3. The summed E-state index contributed by atoms with van der Waals surface area (Å²) in [7, 11) is 0. The monoisotopic (exact) mass is 308 g/mol. The highest BCUT2D eigenvalue weighted by molar-refractivity contribution is 5.76. The van der Waals surface area contributed by atoms with Crippen molar-refractivity contribution < 1.29 is 14.3 Å². The van der Waals surface area contributed by atoms with Crippen LogP contribution >= 0.6 is 0 Å². The van der Waals surface area contributed by atoms with E-state index in [0.29, 0.717) is 24.8 Å². The minimum atomic E-state index is -0.615. The molecule has 2 N–H and O–H groups in total. The maximum Gasteiger partial charge on any atom is 0.223 e. The van der Waals surface area contributed by atoms with Gasteiger partial charge in [-0.1, -0.05) is 20.8 Å². The van der Waals surface area contributed by atoms with E-state index < -0.39 is 6.10 Å². The van der Waals surface area contributed by atoms with Crippen molar-refractivity contribution in [1.29, 1.82) is 0 Å². The number of furan rings is 1. The molecule has 5 heteroatoms. The van der Waals surface area contributed by atoms with E-state index in [-0.39, 0.29) is 11.3 Å². The number of likely N-dealkylation sites (tertiary alicyclic amines) is 1. The normalized spacial score (nSPS) is 18.5. The third kappa shape index (κ3) is 5.14. The van der Waals surface area contributed by atoms with Crippen LogP contribution in [0.2, 0.25) is 0 Å². The number of nitrogens with zero attached hydrogens (tertiary/aromatic N) is 1. The number of hydrogen-bond donors (Lipinski definition) is 2. The van der Waals surface area contributed by atoms with E-state index in [1.54, 1.807) is 18.4 Å². The topological polar surface area (TPSA) is 65.7 Å². The number of amides is 1. The van der Waals surface area contributed by atoms with Gasteiger partial charge in [0.15, 0.2) is 0 Å². The molecule has 1 aromatic rings. The smallest absolute Gasteiger partial charge is 0.223 e. The molecule has 0 radical (unpaired) electrons. The Balaban J connectivity index is 1.70. The van der Waals surface area contributed by atoms with Crippen molar-refractivity contribution in [1.82, 2.24) is 10.2 Å². The molecule has 1 aliphatic heterocycles. The van der Waals surface area contributed by atoms with Crippen LogP contribution in [0.25, 0.3) is 0 Å². The van der Waals surface area contributed by atoms with Gasteiger partial charge in [0.2, 0.25) is 5.91 Å². The molecule has 124 valence electrons. The van der Waals surface area contributed by atoms with Crippen LogP contribution in [0.15, 0.2) is 22.8 Å². The minimum Gasteiger partial charge on any atom is -0.467 e. The van der Waals surface area contributed by atoms with Crippen LogP contribution in [0.4, 0.5) is 0 Å². The lowest BCUT2D eigenvalue weighted by Gasteiger charge is -2.34. The Bertz CT molecular complexity index is 457. The number of nitrogens with one attached hydrogen (secondary N) is 1. The number of piperidine rings is 1. The Morgan fingerprint density at radius 1 is 1.45 bits per heavy atom. The molecule has 22 heavy (non-hydrogen) atoms. The van der Waals surface area contributed by atoms with Gasteiger partial charge in [-0.05, 0) is 30.4 Å². The number of carbonyl (C=O) groups excluding carboxylic acids is 1. The molecule has 1 saturated heterocycles. The first-order valence-corrected chi connectivity index (χ1v) is 8.08. The molecule has 5 nitrogen and oxygen atoms in total. The molecule has 1 unspecified atom stereocenters. The van der Waals surface area contributed by atoms with Crippen molar-refractivity contribution in [2.75, 3.05) is 19.6 Å². The second-order valence-corrected chi connectivity index (χ2v) is 7.33. The summed E-state index contributed by atoms with van der Waals surface area (Å²) in [6, 6.07) is 3.90. The molecule has 1 atom stereocenters. The van der Waals surface area contributed by atoms with E-state index in [4.69, 9.17) is 4.42 Å². The van der Waals surface area contributed by atoms with Crippen LogP contribution in [-0.2, 0) is 4.79 Å². The number of hydrogen-bond acceptors (Lipinski definition) is 4. The first-order valence-electron chi connectivity index (χ1n) is 8.08. The van der Waals surface area contributed by atoms with Gasteiger partial charge in [0.25, 0.3) is 0 Å². The molecular formula is C17H28N2O3. The van der Waals surface area contributed by atoms with Gasteiger partial charge >= 0.3 is 0 Å². The van der Waals surface area contributed by atoms with Gasteiger partial charge in [0.1, 0.15) is 11.9 Å². The summed E-state index contributed by atoms with van der Waals surface area (Å²) in [6.45, 7) is 8.35. The van der Waals surface area contributed by atoms with E-state index in [1.165, 1.54) is 0 Å². The summed E-state index contributed by atoms with van der Waals surface area (Å²) in [4.78, 5) is 14.2. The summed E-state index contributed by atoms with van der Waals surface area (Å²) in [6.07, 6.45) is 3.41. The molecule has 0 spiro atoms. The Morgan fingerprint density at radius 3 is 2.68 bits per heavy atom. The number of carbonyl (C=O) groups is 1. The molecule has 2 heterocycles. The summed E-state index contributed by atoms with van der Waals surface area (Å²) in [5.41, 5.74) is 0.0410. The van der Waals surface area contributed by atoms with Gasteiger partial charge in [-0.15, -0.1) is 0 Å². The maximum atomic E-state index is 12.2. The van der Waals surface area contributed by atoms with Crippen molar-refractivity contribution in [2.45, 2.75) is 52.2 Å². The fourth-order valence-electron chi connectivity index (χ4n) is 2.76. The number of rotatable bonds is 5.